The molecular weight excluding hydrogens is 464 g/mol. The third-order valence-corrected chi connectivity index (χ3v) is 5.72. The highest BCUT2D eigenvalue weighted by Crippen LogP contribution is 2.26. The Balaban J connectivity index is 1.90. The minimum Gasteiger partial charge on any atom is -0.493 e. The Kier molecular flexibility index (Phi) is 9.99. The first-order valence-electron chi connectivity index (χ1n) is 11.6. The predicted octanol–water partition coefficient (Wildman–Crippen LogP) is 4.89. The number of amides is 2. The molecule has 1 N–H and O–H groups in total. The van der Waals surface area contributed by atoms with E-state index in [1.165, 1.54) is 0 Å². The zero-order valence-corrected chi connectivity index (χ0v) is 20.8. The molecule has 3 rings (SSSR count). The molecule has 0 spiro atoms. The van der Waals surface area contributed by atoms with Crippen LogP contribution in [0.2, 0.25) is 5.02 Å². The summed E-state index contributed by atoms with van der Waals surface area (Å²) in [5.41, 5.74) is 1.78. The van der Waals surface area contributed by atoms with Gasteiger partial charge < -0.3 is 19.7 Å². The van der Waals surface area contributed by atoms with Crippen molar-refractivity contribution in [1.29, 1.82) is 0 Å². The monoisotopic (exact) mass is 494 g/mol. The van der Waals surface area contributed by atoms with E-state index in [-0.39, 0.29) is 25.0 Å². The fourth-order valence-corrected chi connectivity index (χ4v) is 3.93. The van der Waals surface area contributed by atoms with Gasteiger partial charge in [-0.25, -0.2) is 0 Å². The fourth-order valence-electron chi connectivity index (χ4n) is 3.71. The number of nitrogens with one attached hydrogen (secondary N) is 1. The van der Waals surface area contributed by atoms with E-state index >= 15 is 0 Å². The van der Waals surface area contributed by atoms with Gasteiger partial charge in [-0.05, 0) is 41.8 Å². The van der Waals surface area contributed by atoms with Crippen molar-refractivity contribution in [3.8, 4) is 11.5 Å². The van der Waals surface area contributed by atoms with Gasteiger partial charge in [-0.2, -0.15) is 0 Å². The normalized spacial score (nSPS) is 11.4. The van der Waals surface area contributed by atoms with Gasteiger partial charge in [0, 0.05) is 24.5 Å². The second kappa shape index (κ2) is 13.4. The highest BCUT2D eigenvalue weighted by Gasteiger charge is 2.30. The number of halogens is 1. The molecule has 2 amide bonds. The summed E-state index contributed by atoms with van der Waals surface area (Å²) in [5.74, 6) is 0.469. The summed E-state index contributed by atoms with van der Waals surface area (Å²) in [6, 6.07) is 23.4. The number of rotatable bonds is 12. The smallest absolute Gasteiger partial charge is 0.261 e. The van der Waals surface area contributed by atoms with E-state index in [1.54, 1.807) is 36.3 Å². The first-order valence-corrected chi connectivity index (χ1v) is 12.0. The van der Waals surface area contributed by atoms with Crippen LogP contribution in [0.3, 0.4) is 0 Å². The molecular formula is C28H31ClN2O4. The minimum atomic E-state index is -0.725. The summed E-state index contributed by atoms with van der Waals surface area (Å²) in [6.07, 6.45) is 1.17. The number of methoxy groups -OCH3 is 1. The molecule has 0 aromatic heterocycles. The van der Waals surface area contributed by atoms with Crippen LogP contribution in [0.5, 0.6) is 11.5 Å². The Bertz CT molecular complexity index is 1110. The first kappa shape index (κ1) is 26.1. The topological polar surface area (TPSA) is 67.9 Å². The van der Waals surface area contributed by atoms with Crippen LogP contribution in [0.15, 0.2) is 78.9 Å². The van der Waals surface area contributed by atoms with Crippen molar-refractivity contribution in [1.82, 2.24) is 10.2 Å². The van der Waals surface area contributed by atoms with E-state index in [4.69, 9.17) is 21.1 Å². The van der Waals surface area contributed by atoms with E-state index in [0.29, 0.717) is 29.5 Å². The minimum absolute atomic E-state index is 0.205. The van der Waals surface area contributed by atoms with Crippen molar-refractivity contribution in [2.24, 2.45) is 0 Å². The van der Waals surface area contributed by atoms with Crippen molar-refractivity contribution < 1.29 is 19.1 Å². The zero-order valence-electron chi connectivity index (χ0n) is 20.1. The van der Waals surface area contributed by atoms with E-state index in [2.05, 4.69) is 5.32 Å². The molecule has 35 heavy (non-hydrogen) atoms. The largest absolute Gasteiger partial charge is 0.493 e. The molecule has 0 aliphatic carbocycles. The lowest BCUT2D eigenvalue weighted by molar-refractivity contribution is -0.142. The molecule has 3 aromatic carbocycles. The van der Waals surface area contributed by atoms with Crippen LogP contribution < -0.4 is 14.8 Å². The van der Waals surface area contributed by atoms with E-state index in [0.717, 1.165) is 17.5 Å². The number of nitrogens with zero attached hydrogens (tertiary/aromatic N) is 1. The summed E-state index contributed by atoms with van der Waals surface area (Å²) in [7, 11) is 1.55. The summed E-state index contributed by atoms with van der Waals surface area (Å²) in [4.78, 5) is 28.4. The third kappa shape index (κ3) is 7.76. The average Bonchev–Trinajstić information content (AvgIpc) is 2.88. The number of hydrogen-bond acceptors (Lipinski definition) is 4. The van der Waals surface area contributed by atoms with Gasteiger partial charge in [-0.15, -0.1) is 0 Å². The van der Waals surface area contributed by atoms with Crippen LogP contribution in [-0.2, 0) is 22.6 Å². The molecule has 0 radical (unpaired) electrons. The van der Waals surface area contributed by atoms with Gasteiger partial charge in [-0.1, -0.05) is 73.1 Å². The Morgan fingerprint density at radius 3 is 2.31 bits per heavy atom. The van der Waals surface area contributed by atoms with Crippen LogP contribution in [0.25, 0.3) is 0 Å². The number of carbonyl (C=O) groups excluding carboxylic acids is 2. The lowest BCUT2D eigenvalue weighted by atomic mass is 10.0. The Labute approximate surface area is 211 Å². The number of ether oxygens (including phenoxy) is 2. The molecule has 7 heteroatoms. The zero-order chi connectivity index (χ0) is 25.0. The highest BCUT2D eigenvalue weighted by atomic mass is 35.5. The maximum Gasteiger partial charge on any atom is 0.261 e. The second-order valence-corrected chi connectivity index (χ2v) is 8.52. The van der Waals surface area contributed by atoms with Gasteiger partial charge in [0.2, 0.25) is 5.91 Å². The molecule has 3 aromatic rings. The lowest BCUT2D eigenvalue weighted by Gasteiger charge is -2.31. The van der Waals surface area contributed by atoms with Crippen molar-refractivity contribution in [2.75, 3.05) is 20.3 Å². The lowest BCUT2D eigenvalue weighted by Crippen LogP contribution is -2.51. The number of para-hydroxylation sites is 2. The quantitative estimate of drug-likeness (QED) is 0.389. The highest BCUT2D eigenvalue weighted by molar-refractivity contribution is 6.30. The molecule has 0 fully saturated rings. The molecule has 1 atom stereocenters. The van der Waals surface area contributed by atoms with Crippen molar-refractivity contribution in [2.45, 2.75) is 32.4 Å². The summed E-state index contributed by atoms with van der Waals surface area (Å²) in [5, 5.41) is 3.52. The third-order valence-electron chi connectivity index (χ3n) is 5.48. The molecule has 0 bridgehead atoms. The predicted molar refractivity (Wildman–Crippen MR) is 138 cm³/mol. The van der Waals surface area contributed by atoms with E-state index in [1.807, 2.05) is 61.5 Å². The molecule has 0 unspecified atom stereocenters. The summed E-state index contributed by atoms with van der Waals surface area (Å²) < 4.78 is 11.1. The standard InChI is InChI=1S/C28H31ClN2O4/c1-3-16-30-28(33)24(18-21-10-5-4-6-11-21)31(19-22-12-9-13-23(29)17-22)27(32)20-35-26-15-8-7-14-25(26)34-2/h4-15,17,24H,3,16,18-20H2,1-2H3,(H,30,33)/t24-/m1/s1. The maximum atomic E-state index is 13.6. The fraction of sp³-hybridized carbons (Fsp3) is 0.286. The SMILES string of the molecule is CCCNC(=O)[C@@H](Cc1ccccc1)N(Cc1cccc(Cl)c1)C(=O)COc1ccccc1OC. The van der Waals surface area contributed by atoms with E-state index in [9.17, 15) is 9.59 Å². The van der Waals surface area contributed by atoms with E-state index < -0.39 is 6.04 Å². The molecule has 0 heterocycles. The van der Waals surface area contributed by atoms with Crippen LogP contribution >= 0.6 is 11.6 Å². The number of hydrogen-bond donors (Lipinski definition) is 1. The molecule has 0 aliphatic heterocycles. The van der Waals surface area contributed by atoms with Gasteiger partial charge in [-0.3, -0.25) is 9.59 Å². The molecule has 184 valence electrons. The Morgan fingerprint density at radius 2 is 1.63 bits per heavy atom. The molecule has 6 nitrogen and oxygen atoms in total. The van der Waals surface area contributed by atoms with Crippen LogP contribution in [0.4, 0.5) is 0 Å². The number of carbonyl (C=O) groups is 2. The van der Waals surface area contributed by atoms with Crippen molar-refractivity contribution in [3.05, 3.63) is 95.0 Å². The van der Waals surface area contributed by atoms with Crippen LogP contribution in [0.1, 0.15) is 24.5 Å². The summed E-state index contributed by atoms with van der Waals surface area (Å²) in [6.45, 7) is 2.49. The molecule has 0 aliphatic rings. The Hall–Kier alpha value is -3.51. The Morgan fingerprint density at radius 1 is 0.943 bits per heavy atom. The number of benzene rings is 3. The van der Waals surface area contributed by atoms with Gasteiger partial charge in [0.05, 0.1) is 7.11 Å². The van der Waals surface area contributed by atoms with Crippen molar-refractivity contribution >= 4 is 23.4 Å². The average molecular weight is 495 g/mol. The van der Waals surface area contributed by atoms with Gasteiger partial charge in [0.15, 0.2) is 18.1 Å². The second-order valence-electron chi connectivity index (χ2n) is 8.09. The van der Waals surface area contributed by atoms with Gasteiger partial charge in [0.1, 0.15) is 6.04 Å². The summed E-state index contributed by atoms with van der Waals surface area (Å²) >= 11 is 6.20. The van der Waals surface area contributed by atoms with Crippen LogP contribution in [-0.4, -0.2) is 43.0 Å². The molecule has 0 saturated heterocycles. The first-order chi connectivity index (χ1) is 17.0. The van der Waals surface area contributed by atoms with Gasteiger partial charge >= 0.3 is 0 Å². The molecule has 0 saturated carbocycles. The van der Waals surface area contributed by atoms with Gasteiger partial charge in [0.25, 0.3) is 5.91 Å². The van der Waals surface area contributed by atoms with Crippen molar-refractivity contribution in [3.63, 3.8) is 0 Å². The van der Waals surface area contributed by atoms with Crippen LogP contribution in [0, 0.1) is 0 Å². The maximum absolute atomic E-state index is 13.6.